The molecule has 0 saturated carbocycles. The molecule has 3 aliphatic rings. The molecule has 0 spiro atoms. The number of carbonyl (C=O) groups excluding carboxylic acids is 1. The molecule has 0 saturated heterocycles. The molecule has 3 rings (SSSR count). The van der Waals surface area contributed by atoms with Gasteiger partial charge in [0.2, 0.25) is 5.91 Å². The molecule has 1 heterocycles. The summed E-state index contributed by atoms with van der Waals surface area (Å²) in [5.74, 6) is -0.101. The van der Waals surface area contributed by atoms with Crippen LogP contribution in [0.3, 0.4) is 0 Å². The van der Waals surface area contributed by atoms with E-state index in [9.17, 15) is 4.79 Å². The lowest BCUT2D eigenvalue weighted by Crippen LogP contribution is -2.28. The number of nitrogens with two attached hydrogens (primary N) is 1. The van der Waals surface area contributed by atoms with Crippen molar-refractivity contribution in [3.05, 3.63) is 36.0 Å². The second-order valence-corrected chi connectivity index (χ2v) is 4.77. The van der Waals surface area contributed by atoms with E-state index in [2.05, 4.69) is 17.1 Å². The van der Waals surface area contributed by atoms with Crippen LogP contribution in [0.5, 0.6) is 0 Å². The van der Waals surface area contributed by atoms with Crippen LogP contribution < -0.4 is 5.73 Å². The Bertz CT molecular complexity index is 525. The number of allylic oxidation sites excluding steroid dienone is 3. The molecule has 1 amide bonds. The Morgan fingerprint density at radius 3 is 3.00 bits per heavy atom. The highest BCUT2D eigenvalue weighted by Gasteiger charge is 2.28. The molecule has 0 fully saturated rings. The fraction of sp³-hybridized carbons (Fsp3) is 0.357. The molecule has 0 aromatic heterocycles. The van der Waals surface area contributed by atoms with Gasteiger partial charge in [-0.25, -0.2) is 0 Å². The summed E-state index contributed by atoms with van der Waals surface area (Å²) in [6.07, 6.45) is 13.4. The lowest BCUT2D eigenvalue weighted by atomic mass is 9.92. The molecule has 4 nitrogen and oxygen atoms in total. The number of aliphatic imine (C=N–C) groups is 2. The van der Waals surface area contributed by atoms with Crippen molar-refractivity contribution in [3.63, 3.8) is 0 Å². The van der Waals surface area contributed by atoms with Crippen LogP contribution in [0.25, 0.3) is 0 Å². The average molecular weight is 241 g/mol. The van der Waals surface area contributed by atoms with Crippen molar-refractivity contribution in [1.82, 2.24) is 0 Å². The lowest BCUT2D eigenvalue weighted by Gasteiger charge is -2.20. The maximum Gasteiger partial charge on any atom is 0.244 e. The van der Waals surface area contributed by atoms with Crippen molar-refractivity contribution in [3.8, 4) is 0 Å². The van der Waals surface area contributed by atoms with Crippen molar-refractivity contribution in [2.45, 2.75) is 24.9 Å². The van der Waals surface area contributed by atoms with Gasteiger partial charge in [0.05, 0.1) is 12.1 Å². The summed E-state index contributed by atoms with van der Waals surface area (Å²) in [5.41, 5.74) is 7.06. The Morgan fingerprint density at radius 1 is 1.33 bits per heavy atom. The highest BCUT2D eigenvalue weighted by Crippen LogP contribution is 2.25. The summed E-state index contributed by atoms with van der Waals surface area (Å²) in [6.45, 7) is 0. The van der Waals surface area contributed by atoms with Gasteiger partial charge in [-0.05, 0) is 0 Å². The van der Waals surface area contributed by atoms with Gasteiger partial charge >= 0.3 is 0 Å². The SMILES string of the molecule is NC(=O)C1=CCC2=NC3C=CC=CC3C=NC2C1. The molecule has 18 heavy (non-hydrogen) atoms. The van der Waals surface area contributed by atoms with Crippen LogP contribution in [-0.2, 0) is 4.79 Å². The van der Waals surface area contributed by atoms with Gasteiger partial charge < -0.3 is 5.73 Å². The molecule has 92 valence electrons. The minimum absolute atomic E-state index is 0.00935. The maximum atomic E-state index is 11.2. The third-order valence-electron chi connectivity index (χ3n) is 3.57. The van der Waals surface area contributed by atoms with Gasteiger partial charge in [-0.1, -0.05) is 30.4 Å². The number of hydrogen-bond acceptors (Lipinski definition) is 3. The fourth-order valence-corrected chi connectivity index (χ4v) is 2.53. The molecule has 1 aliphatic heterocycles. The second kappa shape index (κ2) is 4.37. The molecular weight excluding hydrogens is 226 g/mol. The van der Waals surface area contributed by atoms with Crippen LogP contribution in [0, 0.1) is 5.92 Å². The van der Waals surface area contributed by atoms with Crippen LogP contribution >= 0.6 is 0 Å². The van der Waals surface area contributed by atoms with Gasteiger partial charge in [0.1, 0.15) is 0 Å². The Hall–Kier alpha value is -1.97. The highest BCUT2D eigenvalue weighted by atomic mass is 16.1. The number of rotatable bonds is 1. The van der Waals surface area contributed by atoms with Gasteiger partial charge in [0.25, 0.3) is 0 Å². The standard InChI is InChI=1S/C14H15N3O/c15-14(18)9-5-6-12-13(7-9)16-8-10-3-1-2-4-11(10)17-12/h1-5,8,10-11,13H,6-7H2,(H2,15,18). The van der Waals surface area contributed by atoms with Gasteiger partial charge in [-0.3, -0.25) is 14.8 Å². The van der Waals surface area contributed by atoms with Crippen molar-refractivity contribution >= 4 is 17.8 Å². The normalized spacial score (nSPS) is 33.0. The molecule has 4 heteroatoms. The van der Waals surface area contributed by atoms with E-state index in [0.717, 1.165) is 5.71 Å². The minimum atomic E-state index is -0.342. The smallest absolute Gasteiger partial charge is 0.244 e. The van der Waals surface area contributed by atoms with Crippen LogP contribution in [0.15, 0.2) is 45.9 Å². The predicted molar refractivity (Wildman–Crippen MR) is 71.8 cm³/mol. The molecule has 2 aliphatic carbocycles. The summed E-state index contributed by atoms with van der Waals surface area (Å²) < 4.78 is 0. The number of nitrogens with zero attached hydrogens (tertiary/aromatic N) is 2. The van der Waals surface area contributed by atoms with Crippen LogP contribution in [-0.4, -0.2) is 29.9 Å². The first kappa shape index (κ1) is 11.1. The molecule has 0 aromatic rings. The molecule has 0 radical (unpaired) electrons. The summed E-state index contributed by atoms with van der Waals surface area (Å²) in [4.78, 5) is 20.5. The Morgan fingerprint density at radius 2 is 2.17 bits per heavy atom. The van der Waals surface area contributed by atoms with E-state index in [1.54, 1.807) is 0 Å². The van der Waals surface area contributed by atoms with E-state index < -0.39 is 0 Å². The molecule has 3 atom stereocenters. The number of fused-ring (bicyclic) bond motifs is 2. The Labute approximate surface area is 106 Å². The number of amides is 1. The molecule has 0 bridgehead atoms. The molecule has 3 unspecified atom stereocenters. The van der Waals surface area contributed by atoms with Crippen molar-refractivity contribution in [1.29, 1.82) is 0 Å². The topological polar surface area (TPSA) is 67.8 Å². The Balaban J connectivity index is 1.91. The fourth-order valence-electron chi connectivity index (χ4n) is 2.53. The van der Waals surface area contributed by atoms with Crippen LogP contribution in [0.1, 0.15) is 12.8 Å². The maximum absolute atomic E-state index is 11.2. The Kier molecular flexibility index (Phi) is 2.70. The van der Waals surface area contributed by atoms with Crippen LogP contribution in [0.4, 0.5) is 0 Å². The predicted octanol–water partition coefficient (Wildman–Crippen LogP) is 1.20. The molecule has 2 N–H and O–H groups in total. The summed E-state index contributed by atoms with van der Waals surface area (Å²) in [5, 5.41) is 0. The summed E-state index contributed by atoms with van der Waals surface area (Å²) >= 11 is 0. The largest absolute Gasteiger partial charge is 0.366 e. The van der Waals surface area contributed by atoms with Gasteiger partial charge in [-0.15, -0.1) is 0 Å². The van der Waals surface area contributed by atoms with Gasteiger partial charge in [0, 0.05) is 36.3 Å². The first-order valence-electron chi connectivity index (χ1n) is 6.18. The number of primary amides is 1. The van der Waals surface area contributed by atoms with Crippen molar-refractivity contribution in [2.75, 3.05) is 0 Å². The first-order chi connectivity index (χ1) is 8.74. The molecular formula is C14H15N3O. The van der Waals surface area contributed by atoms with E-state index in [1.807, 2.05) is 24.4 Å². The second-order valence-electron chi connectivity index (χ2n) is 4.77. The first-order valence-corrected chi connectivity index (χ1v) is 6.18. The summed E-state index contributed by atoms with van der Waals surface area (Å²) in [7, 11) is 0. The number of carbonyl (C=O) groups is 1. The monoisotopic (exact) mass is 241 g/mol. The molecule has 0 aromatic carbocycles. The zero-order chi connectivity index (χ0) is 12.5. The van der Waals surface area contributed by atoms with E-state index in [4.69, 9.17) is 10.7 Å². The van der Waals surface area contributed by atoms with E-state index in [0.29, 0.717) is 18.4 Å². The minimum Gasteiger partial charge on any atom is -0.366 e. The number of hydrogen-bond donors (Lipinski definition) is 1. The summed E-state index contributed by atoms with van der Waals surface area (Å²) in [6, 6.07) is 0.146. The van der Waals surface area contributed by atoms with E-state index in [1.165, 1.54) is 0 Å². The zero-order valence-electron chi connectivity index (χ0n) is 9.99. The van der Waals surface area contributed by atoms with Crippen molar-refractivity contribution in [2.24, 2.45) is 21.6 Å². The lowest BCUT2D eigenvalue weighted by molar-refractivity contribution is -0.114. The third-order valence-corrected chi connectivity index (χ3v) is 3.57. The highest BCUT2D eigenvalue weighted by molar-refractivity contribution is 6.00. The average Bonchev–Trinajstić information content (AvgIpc) is 2.56. The van der Waals surface area contributed by atoms with E-state index in [-0.39, 0.29) is 23.9 Å². The zero-order valence-corrected chi connectivity index (χ0v) is 9.99. The van der Waals surface area contributed by atoms with Gasteiger partial charge in [-0.2, -0.15) is 0 Å². The third kappa shape index (κ3) is 1.94. The van der Waals surface area contributed by atoms with Crippen LogP contribution in [0.2, 0.25) is 0 Å². The van der Waals surface area contributed by atoms with Gasteiger partial charge in [0.15, 0.2) is 0 Å². The van der Waals surface area contributed by atoms with E-state index >= 15 is 0 Å². The van der Waals surface area contributed by atoms with Crippen molar-refractivity contribution < 1.29 is 4.79 Å². The quantitative estimate of drug-likeness (QED) is 0.736.